The van der Waals surface area contributed by atoms with Gasteiger partial charge in [0.1, 0.15) is 5.82 Å². The first-order valence-electron chi connectivity index (χ1n) is 4.22. The molecule has 0 aliphatic carbocycles. The van der Waals surface area contributed by atoms with E-state index in [1.165, 1.54) is 6.07 Å². The highest BCUT2D eigenvalue weighted by Crippen LogP contribution is 2.34. The molecule has 2 aromatic rings. The number of aromatic hydroxyl groups is 2. The number of aryl methyl sites for hydroxylation is 1. The Kier molecular flexibility index (Phi) is 1.89. The van der Waals surface area contributed by atoms with E-state index < -0.39 is 0 Å². The van der Waals surface area contributed by atoms with Gasteiger partial charge in [-0.2, -0.15) is 0 Å². The maximum Gasteiger partial charge on any atom is 0.168 e. The second-order valence-corrected chi connectivity index (χ2v) is 3.06. The SMILES string of the molecule is Cc1c[nH]c(-c2cccc(O)c2O)n1. The van der Waals surface area contributed by atoms with E-state index in [1.807, 2.05) is 6.92 Å². The summed E-state index contributed by atoms with van der Waals surface area (Å²) in [5, 5.41) is 18.8. The summed E-state index contributed by atoms with van der Waals surface area (Å²) in [5.74, 6) is 0.259. The lowest BCUT2D eigenvalue weighted by Crippen LogP contribution is -1.82. The van der Waals surface area contributed by atoms with E-state index in [4.69, 9.17) is 0 Å². The number of aromatic amines is 1. The van der Waals surface area contributed by atoms with Gasteiger partial charge in [-0.3, -0.25) is 0 Å². The Hall–Kier alpha value is -1.97. The Balaban J connectivity index is 2.57. The van der Waals surface area contributed by atoms with Gasteiger partial charge in [-0.25, -0.2) is 4.98 Å². The van der Waals surface area contributed by atoms with Crippen LogP contribution in [-0.2, 0) is 0 Å². The fraction of sp³-hybridized carbons (Fsp3) is 0.100. The quantitative estimate of drug-likeness (QED) is 0.600. The lowest BCUT2D eigenvalue weighted by atomic mass is 10.2. The smallest absolute Gasteiger partial charge is 0.168 e. The Morgan fingerprint density at radius 3 is 2.71 bits per heavy atom. The number of nitrogens with zero attached hydrogens (tertiary/aromatic N) is 1. The summed E-state index contributed by atoms with van der Waals surface area (Å²) in [5.41, 5.74) is 1.33. The summed E-state index contributed by atoms with van der Waals surface area (Å²) in [7, 11) is 0. The first-order valence-corrected chi connectivity index (χ1v) is 4.22. The van der Waals surface area contributed by atoms with Crippen molar-refractivity contribution >= 4 is 0 Å². The van der Waals surface area contributed by atoms with Crippen LogP contribution in [0.3, 0.4) is 0 Å². The Morgan fingerprint density at radius 1 is 1.29 bits per heavy atom. The highest BCUT2D eigenvalue weighted by molar-refractivity contribution is 5.67. The van der Waals surface area contributed by atoms with E-state index in [-0.39, 0.29) is 11.5 Å². The monoisotopic (exact) mass is 190 g/mol. The zero-order valence-electron chi connectivity index (χ0n) is 7.65. The van der Waals surface area contributed by atoms with Gasteiger partial charge in [0.15, 0.2) is 11.5 Å². The van der Waals surface area contributed by atoms with E-state index in [0.29, 0.717) is 11.4 Å². The number of hydrogen-bond acceptors (Lipinski definition) is 3. The number of para-hydroxylation sites is 1. The Labute approximate surface area is 80.9 Å². The van der Waals surface area contributed by atoms with Gasteiger partial charge in [-0.15, -0.1) is 0 Å². The number of aromatic nitrogens is 2. The van der Waals surface area contributed by atoms with Crippen LogP contribution in [0.4, 0.5) is 0 Å². The molecule has 0 unspecified atom stereocenters. The first kappa shape index (κ1) is 8.62. The summed E-state index contributed by atoms with van der Waals surface area (Å²) in [6.07, 6.45) is 1.73. The minimum Gasteiger partial charge on any atom is -0.504 e. The highest BCUT2D eigenvalue weighted by atomic mass is 16.3. The number of phenols is 2. The highest BCUT2D eigenvalue weighted by Gasteiger charge is 2.09. The lowest BCUT2D eigenvalue weighted by molar-refractivity contribution is 0.405. The normalized spacial score (nSPS) is 10.4. The molecule has 0 saturated heterocycles. The topological polar surface area (TPSA) is 69.1 Å². The van der Waals surface area contributed by atoms with Gasteiger partial charge < -0.3 is 15.2 Å². The number of nitrogens with one attached hydrogen (secondary N) is 1. The lowest BCUT2D eigenvalue weighted by Gasteiger charge is -2.02. The third-order valence-corrected chi connectivity index (χ3v) is 1.98. The van der Waals surface area contributed by atoms with E-state index in [9.17, 15) is 10.2 Å². The van der Waals surface area contributed by atoms with Crippen LogP contribution >= 0.6 is 0 Å². The van der Waals surface area contributed by atoms with Crippen molar-refractivity contribution in [2.24, 2.45) is 0 Å². The van der Waals surface area contributed by atoms with Crippen LogP contribution in [0.1, 0.15) is 5.69 Å². The molecule has 0 amide bonds. The zero-order chi connectivity index (χ0) is 10.1. The molecule has 0 aliphatic heterocycles. The van der Waals surface area contributed by atoms with E-state index in [0.717, 1.165) is 5.69 Å². The second kappa shape index (κ2) is 3.06. The summed E-state index contributed by atoms with van der Waals surface area (Å²) in [6, 6.07) is 4.77. The van der Waals surface area contributed by atoms with Gasteiger partial charge in [-0.05, 0) is 19.1 Å². The van der Waals surface area contributed by atoms with E-state index >= 15 is 0 Å². The van der Waals surface area contributed by atoms with Gasteiger partial charge in [-0.1, -0.05) is 6.07 Å². The second-order valence-electron chi connectivity index (χ2n) is 3.06. The molecule has 0 radical (unpaired) electrons. The maximum absolute atomic E-state index is 9.55. The molecule has 4 heteroatoms. The summed E-state index contributed by atoms with van der Waals surface area (Å²) in [6.45, 7) is 1.85. The van der Waals surface area contributed by atoms with Gasteiger partial charge in [0.05, 0.1) is 11.3 Å². The first-order chi connectivity index (χ1) is 6.68. The van der Waals surface area contributed by atoms with Crippen molar-refractivity contribution in [3.05, 3.63) is 30.1 Å². The van der Waals surface area contributed by atoms with Crippen LogP contribution in [0.15, 0.2) is 24.4 Å². The number of phenolic OH excluding ortho intramolecular Hbond substituents is 2. The number of hydrogen-bond donors (Lipinski definition) is 3. The average molecular weight is 190 g/mol. The van der Waals surface area contributed by atoms with Crippen LogP contribution in [0.25, 0.3) is 11.4 Å². The van der Waals surface area contributed by atoms with Crippen LogP contribution in [0.2, 0.25) is 0 Å². The molecule has 0 aliphatic rings. The molecule has 4 nitrogen and oxygen atoms in total. The van der Waals surface area contributed by atoms with Crippen molar-refractivity contribution in [1.29, 1.82) is 0 Å². The molecular weight excluding hydrogens is 180 g/mol. The summed E-state index contributed by atoms with van der Waals surface area (Å²) >= 11 is 0. The van der Waals surface area contributed by atoms with Gasteiger partial charge >= 0.3 is 0 Å². The number of benzene rings is 1. The van der Waals surface area contributed by atoms with Crippen molar-refractivity contribution in [1.82, 2.24) is 9.97 Å². The third-order valence-electron chi connectivity index (χ3n) is 1.98. The largest absolute Gasteiger partial charge is 0.504 e. The number of H-pyrrole nitrogens is 1. The van der Waals surface area contributed by atoms with Crippen molar-refractivity contribution in [3.8, 4) is 22.9 Å². The average Bonchev–Trinajstić information content (AvgIpc) is 2.57. The number of rotatable bonds is 1. The van der Waals surface area contributed by atoms with Crippen LogP contribution < -0.4 is 0 Å². The third kappa shape index (κ3) is 1.31. The number of imidazole rings is 1. The summed E-state index contributed by atoms with van der Waals surface area (Å²) < 4.78 is 0. The molecule has 0 fully saturated rings. The molecule has 14 heavy (non-hydrogen) atoms. The molecule has 3 N–H and O–H groups in total. The Bertz CT molecular complexity index is 463. The molecule has 0 spiro atoms. The fourth-order valence-corrected chi connectivity index (χ4v) is 1.27. The molecular formula is C10H10N2O2. The predicted molar refractivity (Wildman–Crippen MR) is 52.1 cm³/mol. The zero-order valence-corrected chi connectivity index (χ0v) is 7.65. The standard InChI is InChI=1S/C10H10N2O2/c1-6-5-11-10(12-6)7-3-2-4-8(13)9(7)14/h2-5,13-14H,1H3,(H,11,12). The molecule has 72 valence electrons. The maximum atomic E-state index is 9.55. The molecule has 2 rings (SSSR count). The predicted octanol–water partition coefficient (Wildman–Crippen LogP) is 1.80. The van der Waals surface area contributed by atoms with E-state index in [2.05, 4.69) is 9.97 Å². The molecule has 1 heterocycles. The van der Waals surface area contributed by atoms with Gasteiger partial charge in [0.2, 0.25) is 0 Å². The van der Waals surface area contributed by atoms with Crippen LogP contribution in [0, 0.1) is 6.92 Å². The van der Waals surface area contributed by atoms with E-state index in [1.54, 1.807) is 18.3 Å². The minimum absolute atomic E-state index is 0.142. The van der Waals surface area contributed by atoms with Gasteiger partial charge in [0, 0.05) is 6.20 Å². The summed E-state index contributed by atoms with van der Waals surface area (Å²) in [4.78, 5) is 7.06. The van der Waals surface area contributed by atoms with Crippen molar-refractivity contribution in [2.75, 3.05) is 0 Å². The van der Waals surface area contributed by atoms with Crippen LogP contribution in [0.5, 0.6) is 11.5 Å². The fourth-order valence-electron chi connectivity index (χ4n) is 1.27. The molecule has 0 saturated carbocycles. The molecule has 0 atom stereocenters. The van der Waals surface area contributed by atoms with Crippen molar-refractivity contribution in [2.45, 2.75) is 6.92 Å². The molecule has 1 aromatic heterocycles. The van der Waals surface area contributed by atoms with Crippen molar-refractivity contribution < 1.29 is 10.2 Å². The molecule has 0 bridgehead atoms. The molecule has 1 aromatic carbocycles. The van der Waals surface area contributed by atoms with Gasteiger partial charge in [0.25, 0.3) is 0 Å². The van der Waals surface area contributed by atoms with Crippen molar-refractivity contribution in [3.63, 3.8) is 0 Å². The Morgan fingerprint density at radius 2 is 2.07 bits per heavy atom. The minimum atomic E-state index is -0.151. The van der Waals surface area contributed by atoms with Crippen LogP contribution in [-0.4, -0.2) is 20.2 Å².